The Labute approximate surface area is 125 Å². The predicted molar refractivity (Wildman–Crippen MR) is 84.5 cm³/mol. The van der Waals surface area contributed by atoms with Crippen molar-refractivity contribution in [1.82, 2.24) is 15.2 Å². The molecule has 114 valence electrons. The molecule has 5 nitrogen and oxygen atoms in total. The van der Waals surface area contributed by atoms with Gasteiger partial charge in [-0.2, -0.15) is 0 Å². The number of hydrogen-bond donors (Lipinski definition) is 1. The number of hydrogen-bond acceptors (Lipinski definition) is 6. The average Bonchev–Trinajstić information content (AvgIpc) is 2.83. The van der Waals surface area contributed by atoms with E-state index < -0.39 is 0 Å². The van der Waals surface area contributed by atoms with Gasteiger partial charge in [-0.3, -0.25) is 4.90 Å². The second-order valence-electron chi connectivity index (χ2n) is 5.45. The normalized spacial score (nSPS) is 17.1. The van der Waals surface area contributed by atoms with E-state index in [1.807, 2.05) is 7.05 Å². The summed E-state index contributed by atoms with van der Waals surface area (Å²) in [5.41, 5.74) is 1.08. The third kappa shape index (κ3) is 3.69. The van der Waals surface area contributed by atoms with Gasteiger partial charge in [-0.15, -0.1) is 11.3 Å². The van der Waals surface area contributed by atoms with Crippen molar-refractivity contribution in [3.05, 3.63) is 10.6 Å². The maximum absolute atomic E-state index is 5.25. The van der Waals surface area contributed by atoms with Crippen molar-refractivity contribution < 1.29 is 4.74 Å². The molecule has 0 bridgehead atoms. The highest BCUT2D eigenvalue weighted by molar-refractivity contribution is 7.15. The van der Waals surface area contributed by atoms with E-state index in [9.17, 15) is 0 Å². The van der Waals surface area contributed by atoms with E-state index in [0.29, 0.717) is 12.6 Å². The zero-order chi connectivity index (χ0) is 14.5. The molecule has 1 aliphatic rings. The molecule has 6 heteroatoms. The molecule has 1 N–H and O–H groups in total. The highest BCUT2D eigenvalue weighted by atomic mass is 32.1. The first-order chi connectivity index (χ1) is 9.65. The molecule has 1 aromatic heterocycles. The summed E-state index contributed by atoms with van der Waals surface area (Å²) in [6.45, 7) is 10.4. The summed E-state index contributed by atoms with van der Waals surface area (Å²) in [4.78, 5) is 11.0. The van der Waals surface area contributed by atoms with Crippen LogP contribution in [0.2, 0.25) is 0 Å². The fourth-order valence-corrected chi connectivity index (χ4v) is 3.61. The van der Waals surface area contributed by atoms with E-state index in [2.05, 4.69) is 29.0 Å². The Balaban J connectivity index is 2.04. The van der Waals surface area contributed by atoms with Crippen LogP contribution < -0.4 is 10.2 Å². The van der Waals surface area contributed by atoms with E-state index in [-0.39, 0.29) is 0 Å². The molecule has 0 aliphatic carbocycles. The predicted octanol–water partition coefficient (Wildman–Crippen LogP) is 1.54. The Morgan fingerprint density at radius 1 is 1.30 bits per heavy atom. The zero-order valence-electron chi connectivity index (χ0n) is 13.0. The summed E-state index contributed by atoms with van der Waals surface area (Å²) < 4.78 is 5.25. The smallest absolute Gasteiger partial charge is 0.186 e. The number of methoxy groups -OCH3 is 1. The summed E-state index contributed by atoms with van der Waals surface area (Å²) in [6, 6.07) is 0.636. The van der Waals surface area contributed by atoms with Gasteiger partial charge in [0.05, 0.1) is 12.3 Å². The monoisotopic (exact) mass is 298 g/mol. The second-order valence-corrected chi connectivity index (χ2v) is 6.51. The molecule has 1 aliphatic heterocycles. The SMILES string of the molecule is CNCc1sc(N2CCN(C(C)C)CC2)nc1COC. The van der Waals surface area contributed by atoms with Crippen LogP contribution in [0.1, 0.15) is 24.4 Å². The van der Waals surface area contributed by atoms with Gasteiger partial charge in [0.1, 0.15) is 0 Å². The molecule has 1 aromatic rings. The lowest BCUT2D eigenvalue weighted by Gasteiger charge is -2.36. The van der Waals surface area contributed by atoms with Crippen LogP contribution in [0.25, 0.3) is 0 Å². The molecule has 0 saturated carbocycles. The van der Waals surface area contributed by atoms with Gasteiger partial charge in [0.25, 0.3) is 0 Å². The fraction of sp³-hybridized carbons (Fsp3) is 0.786. The standard InChI is InChI=1S/C14H26N4OS/c1-11(2)17-5-7-18(8-6-17)14-16-12(10-19-4)13(20-14)9-15-3/h11,15H,5-10H2,1-4H3. The van der Waals surface area contributed by atoms with Crippen molar-refractivity contribution in [2.75, 3.05) is 45.2 Å². The molecule has 0 amide bonds. The summed E-state index contributed by atoms with van der Waals surface area (Å²) >= 11 is 1.79. The minimum atomic E-state index is 0.597. The second kappa shape index (κ2) is 7.36. The minimum absolute atomic E-state index is 0.597. The lowest BCUT2D eigenvalue weighted by Crippen LogP contribution is -2.48. The lowest BCUT2D eigenvalue weighted by molar-refractivity contribution is 0.181. The Kier molecular flexibility index (Phi) is 5.77. The van der Waals surface area contributed by atoms with Gasteiger partial charge in [0.15, 0.2) is 5.13 Å². The van der Waals surface area contributed by atoms with Crippen LogP contribution in [0.5, 0.6) is 0 Å². The van der Waals surface area contributed by atoms with Gasteiger partial charge < -0.3 is 15.0 Å². The zero-order valence-corrected chi connectivity index (χ0v) is 13.8. The van der Waals surface area contributed by atoms with Crippen LogP contribution in [-0.4, -0.2) is 56.3 Å². The summed E-state index contributed by atoms with van der Waals surface area (Å²) in [7, 11) is 3.70. The molecular weight excluding hydrogens is 272 g/mol. The van der Waals surface area contributed by atoms with E-state index in [4.69, 9.17) is 9.72 Å². The van der Waals surface area contributed by atoms with E-state index in [0.717, 1.165) is 43.5 Å². The van der Waals surface area contributed by atoms with Gasteiger partial charge in [-0.1, -0.05) is 0 Å². The van der Waals surface area contributed by atoms with Gasteiger partial charge in [-0.25, -0.2) is 4.98 Å². The van der Waals surface area contributed by atoms with Crippen LogP contribution >= 0.6 is 11.3 Å². The lowest BCUT2D eigenvalue weighted by atomic mass is 10.2. The third-order valence-corrected chi connectivity index (χ3v) is 4.86. The number of nitrogens with one attached hydrogen (secondary N) is 1. The van der Waals surface area contributed by atoms with Crippen LogP contribution in [0.4, 0.5) is 5.13 Å². The van der Waals surface area contributed by atoms with Crippen molar-refractivity contribution in [2.45, 2.75) is 33.0 Å². The third-order valence-electron chi connectivity index (χ3n) is 3.70. The molecule has 0 aromatic carbocycles. The Morgan fingerprint density at radius 3 is 2.55 bits per heavy atom. The number of rotatable bonds is 6. The molecule has 0 unspecified atom stereocenters. The molecule has 1 fully saturated rings. The van der Waals surface area contributed by atoms with Gasteiger partial charge in [0, 0.05) is 50.8 Å². The number of ether oxygens (including phenoxy) is 1. The van der Waals surface area contributed by atoms with Crippen molar-refractivity contribution in [1.29, 1.82) is 0 Å². The quantitative estimate of drug-likeness (QED) is 0.863. The maximum atomic E-state index is 5.25. The highest BCUT2D eigenvalue weighted by Crippen LogP contribution is 2.28. The van der Waals surface area contributed by atoms with E-state index >= 15 is 0 Å². The first-order valence-corrected chi connectivity index (χ1v) is 8.08. The molecule has 1 saturated heterocycles. The van der Waals surface area contributed by atoms with Gasteiger partial charge in [-0.05, 0) is 20.9 Å². The Bertz CT molecular complexity index is 390. The van der Waals surface area contributed by atoms with Crippen molar-refractivity contribution >= 4 is 16.5 Å². The van der Waals surface area contributed by atoms with Crippen LogP contribution in [0, 0.1) is 0 Å². The number of piperazine rings is 1. The first-order valence-electron chi connectivity index (χ1n) is 7.26. The molecular formula is C14H26N4OS. The molecule has 0 atom stereocenters. The summed E-state index contributed by atoms with van der Waals surface area (Å²) in [5.74, 6) is 0. The largest absolute Gasteiger partial charge is 0.378 e. The number of nitrogens with zero attached hydrogens (tertiary/aromatic N) is 3. The summed E-state index contributed by atoms with van der Waals surface area (Å²) in [6.07, 6.45) is 0. The van der Waals surface area contributed by atoms with Crippen LogP contribution in [0.15, 0.2) is 0 Å². The average molecular weight is 298 g/mol. The van der Waals surface area contributed by atoms with Crippen molar-refractivity contribution in [2.24, 2.45) is 0 Å². The Hall–Kier alpha value is -0.690. The topological polar surface area (TPSA) is 40.6 Å². The van der Waals surface area contributed by atoms with E-state index in [1.54, 1.807) is 18.4 Å². The van der Waals surface area contributed by atoms with Gasteiger partial charge >= 0.3 is 0 Å². The summed E-state index contributed by atoms with van der Waals surface area (Å²) in [5, 5.41) is 4.35. The van der Waals surface area contributed by atoms with Crippen molar-refractivity contribution in [3.63, 3.8) is 0 Å². The Morgan fingerprint density at radius 2 is 2.00 bits per heavy atom. The van der Waals surface area contributed by atoms with Crippen LogP contribution in [0.3, 0.4) is 0 Å². The number of aromatic nitrogens is 1. The highest BCUT2D eigenvalue weighted by Gasteiger charge is 2.22. The molecule has 2 heterocycles. The van der Waals surface area contributed by atoms with E-state index in [1.165, 1.54) is 4.88 Å². The molecule has 0 radical (unpaired) electrons. The number of thiazole rings is 1. The maximum Gasteiger partial charge on any atom is 0.186 e. The van der Waals surface area contributed by atoms with Crippen LogP contribution in [-0.2, 0) is 17.9 Å². The molecule has 20 heavy (non-hydrogen) atoms. The molecule has 0 spiro atoms. The first kappa shape index (κ1) is 15.7. The van der Waals surface area contributed by atoms with Crippen molar-refractivity contribution in [3.8, 4) is 0 Å². The van der Waals surface area contributed by atoms with Gasteiger partial charge in [0.2, 0.25) is 0 Å². The number of anilines is 1. The minimum Gasteiger partial charge on any atom is -0.378 e. The molecule has 2 rings (SSSR count). The fourth-order valence-electron chi connectivity index (χ4n) is 2.48.